The van der Waals surface area contributed by atoms with E-state index in [2.05, 4.69) is 13.8 Å². The van der Waals surface area contributed by atoms with Crippen molar-refractivity contribution in [1.29, 1.82) is 0 Å². The summed E-state index contributed by atoms with van der Waals surface area (Å²) in [4.78, 5) is 0. The van der Waals surface area contributed by atoms with E-state index in [0.29, 0.717) is 6.10 Å². The number of hydrogen-bond donors (Lipinski definition) is 1. The van der Waals surface area contributed by atoms with Crippen LogP contribution >= 0.6 is 0 Å². The van der Waals surface area contributed by atoms with Gasteiger partial charge in [-0.1, -0.05) is 20.3 Å². The Bertz CT molecular complexity index is 169. The van der Waals surface area contributed by atoms with Crippen LogP contribution in [0.4, 0.5) is 0 Å². The van der Waals surface area contributed by atoms with Crippen molar-refractivity contribution in [3.63, 3.8) is 0 Å². The van der Waals surface area contributed by atoms with Gasteiger partial charge in [0.15, 0.2) is 0 Å². The quantitative estimate of drug-likeness (QED) is 0.736. The molecule has 0 radical (unpaired) electrons. The van der Waals surface area contributed by atoms with Crippen molar-refractivity contribution < 1.29 is 9.84 Å². The minimum absolute atomic E-state index is 0.178. The summed E-state index contributed by atoms with van der Waals surface area (Å²) >= 11 is 0. The van der Waals surface area contributed by atoms with Crippen LogP contribution in [0.1, 0.15) is 59.3 Å². The summed E-state index contributed by atoms with van der Waals surface area (Å²) < 4.78 is 5.60. The lowest BCUT2D eigenvalue weighted by atomic mass is 9.82. The molecule has 0 spiro atoms. The van der Waals surface area contributed by atoms with Gasteiger partial charge in [-0.05, 0) is 44.4 Å². The van der Waals surface area contributed by atoms with Crippen LogP contribution in [-0.2, 0) is 4.74 Å². The third-order valence-electron chi connectivity index (χ3n) is 3.25. The van der Waals surface area contributed by atoms with E-state index in [0.717, 1.165) is 13.0 Å². The molecular weight excluding hydrogens is 188 g/mol. The van der Waals surface area contributed by atoms with Gasteiger partial charge in [0.2, 0.25) is 0 Å². The smallest absolute Gasteiger partial charge is 0.0576 e. The average Bonchev–Trinajstić information content (AvgIpc) is 2.53. The van der Waals surface area contributed by atoms with Crippen molar-refractivity contribution >= 4 is 0 Å². The molecule has 0 saturated carbocycles. The molecule has 0 aromatic heterocycles. The molecule has 2 atom stereocenters. The first-order valence-corrected chi connectivity index (χ1v) is 6.29. The lowest BCUT2D eigenvalue weighted by Crippen LogP contribution is -2.19. The maximum atomic E-state index is 9.37. The largest absolute Gasteiger partial charge is 0.393 e. The summed E-state index contributed by atoms with van der Waals surface area (Å²) in [7, 11) is 0. The standard InChI is InChI=1S/C13H26O2/c1-11(14)10-13(2,3)8-4-6-12-7-5-9-15-12/h11-12,14H,4-10H2,1-3H3. The summed E-state index contributed by atoms with van der Waals surface area (Å²) in [5.74, 6) is 0. The molecular formula is C13H26O2. The van der Waals surface area contributed by atoms with Crippen molar-refractivity contribution in [3.05, 3.63) is 0 Å². The van der Waals surface area contributed by atoms with Gasteiger partial charge in [0.25, 0.3) is 0 Å². The highest BCUT2D eigenvalue weighted by Crippen LogP contribution is 2.30. The van der Waals surface area contributed by atoms with Gasteiger partial charge in [-0.3, -0.25) is 0 Å². The Morgan fingerprint density at radius 2 is 2.20 bits per heavy atom. The molecule has 1 aliphatic heterocycles. The molecule has 2 unspecified atom stereocenters. The molecule has 1 N–H and O–H groups in total. The molecule has 1 rings (SSSR count). The minimum Gasteiger partial charge on any atom is -0.393 e. The second-order valence-corrected chi connectivity index (χ2v) is 5.74. The normalized spacial score (nSPS) is 24.4. The van der Waals surface area contributed by atoms with E-state index in [-0.39, 0.29) is 11.5 Å². The second kappa shape index (κ2) is 5.86. The predicted octanol–water partition coefficient (Wildman–Crippen LogP) is 3.13. The Morgan fingerprint density at radius 3 is 2.73 bits per heavy atom. The molecule has 1 saturated heterocycles. The van der Waals surface area contributed by atoms with Crippen LogP contribution < -0.4 is 0 Å². The second-order valence-electron chi connectivity index (χ2n) is 5.74. The first kappa shape index (κ1) is 13.0. The van der Waals surface area contributed by atoms with Crippen molar-refractivity contribution in [3.8, 4) is 0 Å². The highest BCUT2D eigenvalue weighted by atomic mass is 16.5. The Morgan fingerprint density at radius 1 is 1.47 bits per heavy atom. The van der Waals surface area contributed by atoms with Gasteiger partial charge in [0.1, 0.15) is 0 Å². The Balaban J connectivity index is 2.11. The predicted molar refractivity (Wildman–Crippen MR) is 62.9 cm³/mol. The summed E-state index contributed by atoms with van der Waals surface area (Å²) in [6.45, 7) is 7.33. The molecule has 1 aliphatic rings. The van der Waals surface area contributed by atoms with Crippen LogP contribution in [-0.4, -0.2) is 23.9 Å². The van der Waals surface area contributed by atoms with E-state index in [1.165, 1.54) is 32.1 Å². The third-order valence-corrected chi connectivity index (χ3v) is 3.25. The maximum absolute atomic E-state index is 9.37. The van der Waals surface area contributed by atoms with E-state index in [1.54, 1.807) is 0 Å². The van der Waals surface area contributed by atoms with E-state index in [4.69, 9.17) is 4.74 Å². The van der Waals surface area contributed by atoms with Gasteiger partial charge in [0, 0.05) is 6.61 Å². The third kappa shape index (κ3) is 5.53. The summed E-state index contributed by atoms with van der Waals surface area (Å²) in [6, 6.07) is 0. The molecule has 15 heavy (non-hydrogen) atoms. The van der Waals surface area contributed by atoms with Crippen LogP contribution in [0, 0.1) is 5.41 Å². The minimum atomic E-state index is -0.178. The zero-order valence-electron chi connectivity index (χ0n) is 10.5. The van der Waals surface area contributed by atoms with Gasteiger partial charge in [0.05, 0.1) is 12.2 Å². The average molecular weight is 214 g/mol. The van der Waals surface area contributed by atoms with Crippen LogP contribution in [0.25, 0.3) is 0 Å². The van der Waals surface area contributed by atoms with Gasteiger partial charge in [-0.2, -0.15) is 0 Å². The molecule has 0 amide bonds. The van der Waals surface area contributed by atoms with E-state index in [1.807, 2.05) is 6.92 Å². The molecule has 2 heteroatoms. The zero-order valence-corrected chi connectivity index (χ0v) is 10.5. The van der Waals surface area contributed by atoms with E-state index < -0.39 is 0 Å². The fraction of sp³-hybridized carbons (Fsp3) is 1.00. The molecule has 0 aliphatic carbocycles. The highest BCUT2D eigenvalue weighted by Gasteiger charge is 2.21. The van der Waals surface area contributed by atoms with Crippen molar-refractivity contribution in [2.24, 2.45) is 5.41 Å². The maximum Gasteiger partial charge on any atom is 0.0576 e. The van der Waals surface area contributed by atoms with Gasteiger partial charge >= 0.3 is 0 Å². The number of hydrogen-bond acceptors (Lipinski definition) is 2. The molecule has 0 aromatic carbocycles. The highest BCUT2D eigenvalue weighted by molar-refractivity contribution is 4.73. The molecule has 0 bridgehead atoms. The zero-order chi connectivity index (χ0) is 11.3. The Kier molecular flexibility index (Phi) is 5.07. The summed E-state index contributed by atoms with van der Waals surface area (Å²) in [5.41, 5.74) is 0.271. The SMILES string of the molecule is CC(O)CC(C)(C)CCCC1CCCO1. The number of ether oxygens (including phenoxy) is 1. The van der Waals surface area contributed by atoms with E-state index >= 15 is 0 Å². The van der Waals surface area contributed by atoms with Crippen LogP contribution in [0.15, 0.2) is 0 Å². The summed E-state index contributed by atoms with van der Waals surface area (Å²) in [5, 5.41) is 9.37. The Labute approximate surface area is 94.0 Å². The molecule has 1 heterocycles. The first-order valence-electron chi connectivity index (χ1n) is 6.29. The van der Waals surface area contributed by atoms with Gasteiger partial charge in [-0.15, -0.1) is 0 Å². The van der Waals surface area contributed by atoms with Crippen LogP contribution in [0.2, 0.25) is 0 Å². The topological polar surface area (TPSA) is 29.5 Å². The van der Waals surface area contributed by atoms with Crippen molar-refractivity contribution in [2.45, 2.75) is 71.5 Å². The lowest BCUT2D eigenvalue weighted by Gasteiger charge is -2.26. The van der Waals surface area contributed by atoms with Crippen LogP contribution in [0.5, 0.6) is 0 Å². The first-order chi connectivity index (χ1) is 6.99. The van der Waals surface area contributed by atoms with Gasteiger partial charge in [-0.25, -0.2) is 0 Å². The fourth-order valence-corrected chi connectivity index (χ4v) is 2.58. The van der Waals surface area contributed by atoms with E-state index in [9.17, 15) is 5.11 Å². The van der Waals surface area contributed by atoms with Gasteiger partial charge < -0.3 is 9.84 Å². The lowest BCUT2D eigenvalue weighted by molar-refractivity contribution is 0.0917. The van der Waals surface area contributed by atoms with Crippen LogP contribution in [0.3, 0.4) is 0 Å². The number of aliphatic hydroxyl groups excluding tert-OH is 1. The fourth-order valence-electron chi connectivity index (χ4n) is 2.58. The van der Waals surface area contributed by atoms with Crippen molar-refractivity contribution in [2.75, 3.05) is 6.61 Å². The molecule has 0 aromatic rings. The van der Waals surface area contributed by atoms with Crippen molar-refractivity contribution in [1.82, 2.24) is 0 Å². The molecule has 1 fully saturated rings. The summed E-state index contributed by atoms with van der Waals surface area (Å²) in [6.07, 6.45) is 7.35. The number of aliphatic hydroxyl groups is 1. The Hall–Kier alpha value is -0.0800. The number of rotatable bonds is 6. The monoisotopic (exact) mass is 214 g/mol. The molecule has 90 valence electrons. The molecule has 2 nitrogen and oxygen atoms in total.